The summed E-state index contributed by atoms with van der Waals surface area (Å²) in [5.74, 6) is 0. The number of unbranched alkanes of at least 4 members (excludes halogenated alkanes) is 6. The Hall–Kier alpha value is 0.870. The molecular weight excluding hydrogens is 251 g/mol. The van der Waals surface area contributed by atoms with Gasteiger partial charge in [0.05, 0.1) is 6.10 Å². The maximum atomic E-state index is 10.3. The molecule has 0 radical (unpaired) electrons. The van der Waals surface area contributed by atoms with Crippen LogP contribution < -0.4 is 29.6 Å². The first-order chi connectivity index (χ1) is 7.45. The van der Waals surface area contributed by atoms with E-state index in [2.05, 4.69) is 11.1 Å². The van der Waals surface area contributed by atoms with Gasteiger partial charge in [-0.15, -0.1) is 0 Å². The number of hydrogen-bond acceptors (Lipinski definition) is 4. The smallest absolute Gasteiger partial charge is 0.726 e. The molecular formula is C11H23NaO4S. The molecule has 0 N–H and O–H groups in total. The summed E-state index contributed by atoms with van der Waals surface area (Å²) >= 11 is 0. The molecule has 0 aliphatic carbocycles. The van der Waals surface area contributed by atoms with Gasteiger partial charge in [-0.05, 0) is 13.3 Å². The Bertz CT molecular complexity index is 254. The van der Waals surface area contributed by atoms with E-state index in [1.54, 1.807) is 6.92 Å². The van der Waals surface area contributed by atoms with Gasteiger partial charge < -0.3 is 4.55 Å². The van der Waals surface area contributed by atoms with Crippen molar-refractivity contribution in [1.29, 1.82) is 0 Å². The van der Waals surface area contributed by atoms with E-state index in [4.69, 9.17) is 0 Å². The van der Waals surface area contributed by atoms with Crippen LogP contribution in [-0.2, 0) is 14.6 Å². The molecule has 6 heteroatoms. The van der Waals surface area contributed by atoms with Gasteiger partial charge in [-0.1, -0.05) is 51.9 Å². The first-order valence-corrected chi connectivity index (χ1v) is 7.43. The molecule has 0 rings (SSSR count). The molecule has 0 aliphatic rings. The molecule has 0 heterocycles. The molecule has 0 bridgehead atoms. The summed E-state index contributed by atoms with van der Waals surface area (Å²) in [6.07, 6.45) is 8.37. The predicted octanol–water partition coefficient (Wildman–Crippen LogP) is -0.00360. The Balaban J connectivity index is 0. The Morgan fingerprint density at radius 2 is 1.53 bits per heavy atom. The largest absolute Gasteiger partial charge is 1.00 e. The minimum atomic E-state index is -4.53. The Labute approximate surface area is 128 Å². The monoisotopic (exact) mass is 274 g/mol. The van der Waals surface area contributed by atoms with Crippen LogP contribution in [0.25, 0.3) is 0 Å². The number of hydrogen-bond donors (Lipinski definition) is 0. The molecule has 4 nitrogen and oxygen atoms in total. The van der Waals surface area contributed by atoms with E-state index >= 15 is 0 Å². The summed E-state index contributed by atoms with van der Waals surface area (Å²) in [7, 11) is -4.53. The molecule has 0 saturated carbocycles. The molecule has 0 aromatic heterocycles. The van der Waals surface area contributed by atoms with Crippen LogP contribution in [-0.4, -0.2) is 19.1 Å². The fraction of sp³-hybridized carbons (Fsp3) is 1.00. The normalized spacial score (nSPS) is 13.1. The SMILES string of the molecule is CCCCCCCCC[C@H](C)OS(=O)(=O)[O-].[Na+]. The van der Waals surface area contributed by atoms with Crippen molar-refractivity contribution < 1.29 is 46.7 Å². The maximum absolute atomic E-state index is 10.3. The third-order valence-corrected chi connectivity index (χ3v) is 3.06. The van der Waals surface area contributed by atoms with Gasteiger partial charge in [0.2, 0.25) is 10.4 Å². The molecule has 0 aromatic carbocycles. The van der Waals surface area contributed by atoms with Crippen molar-refractivity contribution in [2.24, 2.45) is 0 Å². The van der Waals surface area contributed by atoms with Crippen molar-refractivity contribution >= 4 is 10.4 Å². The molecule has 0 amide bonds. The van der Waals surface area contributed by atoms with Gasteiger partial charge in [0.15, 0.2) is 0 Å². The minimum Gasteiger partial charge on any atom is -0.726 e. The molecule has 98 valence electrons. The second-order valence-electron chi connectivity index (χ2n) is 4.23. The summed E-state index contributed by atoms with van der Waals surface area (Å²) in [6, 6.07) is 0. The molecule has 17 heavy (non-hydrogen) atoms. The molecule has 0 aromatic rings. The van der Waals surface area contributed by atoms with E-state index in [0.29, 0.717) is 6.42 Å². The fourth-order valence-electron chi connectivity index (χ4n) is 1.64. The second-order valence-corrected chi connectivity index (χ2v) is 5.23. The van der Waals surface area contributed by atoms with Gasteiger partial charge in [-0.2, -0.15) is 0 Å². The first kappa shape index (κ1) is 20.2. The van der Waals surface area contributed by atoms with Crippen molar-refractivity contribution in [1.82, 2.24) is 0 Å². The van der Waals surface area contributed by atoms with Gasteiger partial charge in [-0.3, -0.25) is 4.18 Å². The van der Waals surface area contributed by atoms with Gasteiger partial charge in [0.25, 0.3) is 0 Å². The van der Waals surface area contributed by atoms with Crippen molar-refractivity contribution in [3.05, 3.63) is 0 Å². The third kappa shape index (κ3) is 16.9. The molecule has 0 spiro atoms. The molecule has 1 atom stereocenters. The third-order valence-electron chi connectivity index (χ3n) is 2.50. The summed E-state index contributed by atoms with van der Waals surface area (Å²) < 4.78 is 35.1. The summed E-state index contributed by atoms with van der Waals surface area (Å²) in [4.78, 5) is 0. The van der Waals surface area contributed by atoms with Crippen LogP contribution in [0.3, 0.4) is 0 Å². The van der Waals surface area contributed by atoms with Crippen LogP contribution in [0.4, 0.5) is 0 Å². The predicted molar refractivity (Wildman–Crippen MR) is 62.9 cm³/mol. The van der Waals surface area contributed by atoms with Crippen LogP contribution >= 0.6 is 0 Å². The fourth-order valence-corrected chi connectivity index (χ4v) is 2.14. The van der Waals surface area contributed by atoms with Crippen molar-refractivity contribution in [2.45, 2.75) is 71.3 Å². The van der Waals surface area contributed by atoms with Gasteiger partial charge in [0, 0.05) is 0 Å². The van der Waals surface area contributed by atoms with E-state index in [9.17, 15) is 13.0 Å². The van der Waals surface area contributed by atoms with Crippen molar-refractivity contribution in [2.75, 3.05) is 0 Å². The Morgan fingerprint density at radius 1 is 1.06 bits per heavy atom. The van der Waals surface area contributed by atoms with Crippen LogP contribution in [0.15, 0.2) is 0 Å². The van der Waals surface area contributed by atoms with Crippen molar-refractivity contribution in [3.8, 4) is 0 Å². The van der Waals surface area contributed by atoms with Gasteiger partial charge in [-0.25, -0.2) is 8.42 Å². The Morgan fingerprint density at radius 3 is 2.00 bits per heavy atom. The molecule has 0 aliphatic heterocycles. The standard InChI is InChI=1S/C11H24O4S.Na/c1-3-4-5-6-7-8-9-10-11(2)15-16(12,13)14;/h11H,3-10H2,1-2H3,(H,12,13,14);/q;+1/p-1/t11-;/m0./s1. The summed E-state index contributed by atoms with van der Waals surface area (Å²) in [5.41, 5.74) is 0. The summed E-state index contributed by atoms with van der Waals surface area (Å²) in [6.45, 7) is 3.80. The van der Waals surface area contributed by atoms with E-state index < -0.39 is 16.5 Å². The van der Waals surface area contributed by atoms with E-state index in [0.717, 1.165) is 12.8 Å². The zero-order chi connectivity index (χ0) is 12.4. The van der Waals surface area contributed by atoms with Crippen LogP contribution in [0.1, 0.15) is 65.2 Å². The average Bonchev–Trinajstić information content (AvgIpc) is 2.13. The number of rotatable bonds is 10. The van der Waals surface area contributed by atoms with Crippen molar-refractivity contribution in [3.63, 3.8) is 0 Å². The quantitative estimate of drug-likeness (QED) is 0.243. The summed E-state index contributed by atoms with van der Waals surface area (Å²) in [5, 5.41) is 0. The van der Waals surface area contributed by atoms with Crippen LogP contribution in [0, 0.1) is 0 Å². The minimum absolute atomic E-state index is 0. The first-order valence-electron chi connectivity index (χ1n) is 6.10. The zero-order valence-electron chi connectivity index (χ0n) is 11.3. The van der Waals surface area contributed by atoms with E-state index in [1.807, 2.05) is 0 Å². The van der Waals surface area contributed by atoms with Gasteiger partial charge in [0.1, 0.15) is 0 Å². The topological polar surface area (TPSA) is 66.4 Å². The molecule has 0 unspecified atom stereocenters. The average molecular weight is 274 g/mol. The van der Waals surface area contributed by atoms with Crippen LogP contribution in [0.2, 0.25) is 0 Å². The maximum Gasteiger partial charge on any atom is 1.00 e. The zero-order valence-corrected chi connectivity index (χ0v) is 14.1. The van der Waals surface area contributed by atoms with Crippen LogP contribution in [0.5, 0.6) is 0 Å². The Kier molecular flexibility index (Phi) is 14.2. The molecule has 0 fully saturated rings. The van der Waals surface area contributed by atoms with Gasteiger partial charge >= 0.3 is 29.6 Å². The molecule has 0 saturated heterocycles. The second kappa shape index (κ2) is 11.9. The van der Waals surface area contributed by atoms with E-state index in [-0.39, 0.29) is 29.6 Å². The van der Waals surface area contributed by atoms with E-state index in [1.165, 1.54) is 32.1 Å².